The average Bonchev–Trinajstić information content (AvgIpc) is 2.63. The van der Waals surface area contributed by atoms with Crippen molar-refractivity contribution in [1.82, 2.24) is 5.43 Å². The molecule has 0 saturated heterocycles. The number of amides is 1. The van der Waals surface area contributed by atoms with Crippen LogP contribution in [-0.4, -0.2) is 25.3 Å². The van der Waals surface area contributed by atoms with E-state index < -0.39 is 0 Å². The molecule has 0 radical (unpaired) electrons. The number of benzene rings is 2. The highest BCUT2D eigenvalue weighted by Gasteiger charge is 2.12. The van der Waals surface area contributed by atoms with Gasteiger partial charge in [0.2, 0.25) is 0 Å². The summed E-state index contributed by atoms with van der Waals surface area (Å²) >= 11 is 12.3. The van der Waals surface area contributed by atoms with Gasteiger partial charge in [-0.3, -0.25) is 4.79 Å². The Labute approximate surface area is 168 Å². The molecule has 0 aromatic heterocycles. The second-order valence-electron chi connectivity index (χ2n) is 5.53. The predicted octanol–water partition coefficient (Wildman–Crippen LogP) is 5.03. The number of aryl methyl sites for hydroxylation is 1. The first-order valence-corrected chi connectivity index (χ1v) is 9.01. The summed E-state index contributed by atoms with van der Waals surface area (Å²) < 4.78 is 11.1. The standard InChI is InChI=1S/C20H20Cl2N2O3/c1-4-8-27-19-17(22)9-14(10-18(19)26-5-2)12-23-24-20(25)15-7-6-13(3)16(21)11-15/h4,6-7,9-12H,1,5,8H2,2-3H3,(H,24,25)/b23-12-. The van der Waals surface area contributed by atoms with Crippen LogP contribution in [0.4, 0.5) is 0 Å². The van der Waals surface area contributed by atoms with E-state index in [1.54, 1.807) is 36.4 Å². The molecule has 0 bridgehead atoms. The minimum Gasteiger partial charge on any atom is -0.490 e. The van der Waals surface area contributed by atoms with Gasteiger partial charge >= 0.3 is 0 Å². The first-order chi connectivity index (χ1) is 13.0. The van der Waals surface area contributed by atoms with Gasteiger partial charge in [-0.25, -0.2) is 5.43 Å². The van der Waals surface area contributed by atoms with Gasteiger partial charge in [0.05, 0.1) is 17.8 Å². The number of carbonyl (C=O) groups is 1. The number of hydrogen-bond donors (Lipinski definition) is 1. The summed E-state index contributed by atoms with van der Waals surface area (Å²) in [7, 11) is 0. The quantitative estimate of drug-likeness (QED) is 0.379. The van der Waals surface area contributed by atoms with Gasteiger partial charge in [-0.2, -0.15) is 5.10 Å². The Morgan fingerprint density at radius 1 is 1.22 bits per heavy atom. The number of hydrogen-bond acceptors (Lipinski definition) is 4. The largest absolute Gasteiger partial charge is 0.490 e. The SMILES string of the molecule is C=CCOc1c(Cl)cc(/C=N\NC(=O)c2ccc(C)c(Cl)c2)cc1OCC. The van der Waals surface area contributed by atoms with Gasteiger partial charge in [0.1, 0.15) is 6.61 Å². The van der Waals surface area contributed by atoms with Crippen LogP contribution in [0.25, 0.3) is 0 Å². The zero-order chi connectivity index (χ0) is 19.8. The highest BCUT2D eigenvalue weighted by Crippen LogP contribution is 2.36. The lowest BCUT2D eigenvalue weighted by Crippen LogP contribution is -2.17. The molecule has 0 spiro atoms. The molecule has 0 atom stereocenters. The van der Waals surface area contributed by atoms with Crippen LogP contribution in [0.15, 0.2) is 48.1 Å². The van der Waals surface area contributed by atoms with Crippen molar-refractivity contribution in [2.75, 3.05) is 13.2 Å². The first-order valence-electron chi connectivity index (χ1n) is 8.25. The van der Waals surface area contributed by atoms with Crippen molar-refractivity contribution in [2.24, 2.45) is 5.10 Å². The van der Waals surface area contributed by atoms with E-state index in [2.05, 4.69) is 17.1 Å². The van der Waals surface area contributed by atoms with E-state index in [-0.39, 0.29) is 5.91 Å². The van der Waals surface area contributed by atoms with Crippen molar-refractivity contribution in [2.45, 2.75) is 13.8 Å². The summed E-state index contributed by atoms with van der Waals surface area (Å²) in [6.45, 7) is 8.10. The number of halogens is 2. The Kier molecular flexibility index (Phi) is 7.70. The van der Waals surface area contributed by atoms with Crippen molar-refractivity contribution in [1.29, 1.82) is 0 Å². The number of nitrogens with one attached hydrogen (secondary N) is 1. The molecule has 7 heteroatoms. The highest BCUT2D eigenvalue weighted by atomic mass is 35.5. The van der Waals surface area contributed by atoms with Gasteiger partial charge in [-0.1, -0.05) is 41.9 Å². The molecule has 0 saturated carbocycles. The monoisotopic (exact) mass is 406 g/mol. The maximum atomic E-state index is 12.1. The topological polar surface area (TPSA) is 59.9 Å². The van der Waals surface area contributed by atoms with Gasteiger partial charge in [0.15, 0.2) is 11.5 Å². The van der Waals surface area contributed by atoms with Crippen LogP contribution in [-0.2, 0) is 0 Å². The highest BCUT2D eigenvalue weighted by molar-refractivity contribution is 6.32. The van der Waals surface area contributed by atoms with Gasteiger partial charge in [0, 0.05) is 10.6 Å². The fourth-order valence-corrected chi connectivity index (χ4v) is 2.63. The van der Waals surface area contributed by atoms with Crippen molar-refractivity contribution in [3.63, 3.8) is 0 Å². The molecule has 27 heavy (non-hydrogen) atoms. The third-order valence-corrected chi connectivity index (χ3v) is 4.18. The molecule has 0 aliphatic carbocycles. The molecular weight excluding hydrogens is 387 g/mol. The van der Waals surface area contributed by atoms with E-state index in [0.29, 0.717) is 45.9 Å². The van der Waals surface area contributed by atoms with E-state index in [1.807, 2.05) is 13.8 Å². The summed E-state index contributed by atoms with van der Waals surface area (Å²) in [5.41, 5.74) is 4.42. The van der Waals surface area contributed by atoms with Gasteiger partial charge in [-0.05, 0) is 49.2 Å². The molecule has 2 aromatic rings. The lowest BCUT2D eigenvalue weighted by Gasteiger charge is -2.13. The zero-order valence-corrected chi connectivity index (χ0v) is 16.6. The molecule has 0 aliphatic heterocycles. The first kappa shape index (κ1) is 20.8. The van der Waals surface area contributed by atoms with Crippen LogP contribution in [0.3, 0.4) is 0 Å². The van der Waals surface area contributed by atoms with Crippen LogP contribution < -0.4 is 14.9 Å². The number of nitrogens with zero attached hydrogens (tertiary/aromatic N) is 1. The maximum absolute atomic E-state index is 12.1. The maximum Gasteiger partial charge on any atom is 0.271 e. The molecule has 5 nitrogen and oxygen atoms in total. The third kappa shape index (κ3) is 5.74. The van der Waals surface area contributed by atoms with Crippen molar-refractivity contribution < 1.29 is 14.3 Å². The number of carbonyl (C=O) groups excluding carboxylic acids is 1. The smallest absolute Gasteiger partial charge is 0.271 e. The van der Waals surface area contributed by atoms with E-state index in [4.69, 9.17) is 32.7 Å². The summed E-state index contributed by atoms with van der Waals surface area (Å²) in [6, 6.07) is 8.45. The Morgan fingerprint density at radius 2 is 2.00 bits per heavy atom. The second kappa shape index (κ2) is 10.00. The van der Waals surface area contributed by atoms with Gasteiger partial charge < -0.3 is 9.47 Å². The van der Waals surface area contributed by atoms with Crippen molar-refractivity contribution >= 4 is 35.3 Å². The fourth-order valence-electron chi connectivity index (χ4n) is 2.17. The summed E-state index contributed by atoms with van der Waals surface area (Å²) in [5, 5.41) is 4.86. The molecule has 142 valence electrons. The van der Waals surface area contributed by atoms with E-state index in [0.717, 1.165) is 5.56 Å². The molecule has 0 fully saturated rings. The third-order valence-electron chi connectivity index (χ3n) is 3.49. The molecule has 2 aromatic carbocycles. The van der Waals surface area contributed by atoms with Crippen LogP contribution in [0.5, 0.6) is 11.5 Å². The molecular formula is C20H20Cl2N2O3. The van der Waals surface area contributed by atoms with E-state index >= 15 is 0 Å². The zero-order valence-electron chi connectivity index (χ0n) is 15.1. The predicted molar refractivity (Wildman–Crippen MR) is 110 cm³/mol. The lowest BCUT2D eigenvalue weighted by atomic mass is 10.1. The van der Waals surface area contributed by atoms with Gasteiger partial charge in [0.25, 0.3) is 5.91 Å². The molecule has 0 heterocycles. The summed E-state index contributed by atoms with van der Waals surface area (Å²) in [5.74, 6) is 0.564. The molecule has 2 rings (SSSR count). The van der Waals surface area contributed by atoms with Crippen LogP contribution >= 0.6 is 23.2 Å². The number of ether oxygens (including phenoxy) is 2. The van der Waals surface area contributed by atoms with Gasteiger partial charge in [-0.15, -0.1) is 0 Å². The Morgan fingerprint density at radius 3 is 2.67 bits per heavy atom. The van der Waals surface area contributed by atoms with Crippen molar-refractivity contribution in [3.8, 4) is 11.5 Å². The number of rotatable bonds is 8. The minimum absolute atomic E-state index is 0.308. The molecule has 0 aliphatic rings. The average molecular weight is 407 g/mol. The second-order valence-corrected chi connectivity index (χ2v) is 6.34. The van der Waals surface area contributed by atoms with Crippen LogP contribution in [0.1, 0.15) is 28.4 Å². The minimum atomic E-state index is -0.366. The van der Waals surface area contributed by atoms with Crippen molar-refractivity contribution in [3.05, 3.63) is 69.7 Å². The fraction of sp³-hybridized carbons (Fsp3) is 0.200. The number of hydrazone groups is 1. The Bertz CT molecular complexity index is 867. The Hall–Kier alpha value is -2.50. The van der Waals surface area contributed by atoms with E-state index in [1.165, 1.54) is 6.21 Å². The molecule has 0 unspecified atom stereocenters. The molecule has 1 N–H and O–H groups in total. The van der Waals surface area contributed by atoms with Crippen LogP contribution in [0, 0.1) is 6.92 Å². The molecule has 1 amide bonds. The van der Waals surface area contributed by atoms with E-state index in [9.17, 15) is 4.79 Å². The van der Waals surface area contributed by atoms with Crippen LogP contribution in [0.2, 0.25) is 10.0 Å². The lowest BCUT2D eigenvalue weighted by molar-refractivity contribution is 0.0955. The summed E-state index contributed by atoms with van der Waals surface area (Å²) in [6.07, 6.45) is 3.09. The summed E-state index contributed by atoms with van der Waals surface area (Å²) in [4.78, 5) is 12.1. The Balaban J connectivity index is 2.14. The normalized spacial score (nSPS) is 10.7.